The van der Waals surface area contributed by atoms with Crippen molar-refractivity contribution in [2.75, 3.05) is 0 Å². The molecule has 0 atom stereocenters. The predicted octanol–water partition coefficient (Wildman–Crippen LogP) is 3.26. The number of amides is 1. The van der Waals surface area contributed by atoms with Crippen molar-refractivity contribution in [2.24, 2.45) is 5.73 Å². The molecule has 122 valence electrons. The monoisotopic (exact) mass is 332 g/mol. The van der Waals surface area contributed by atoms with Gasteiger partial charge >= 0.3 is 6.18 Å². The number of primary amides is 1. The summed E-state index contributed by atoms with van der Waals surface area (Å²) in [5, 5.41) is 6.24. The minimum Gasteiger partial charge on any atom is -0.363 e. The van der Waals surface area contributed by atoms with Crippen molar-refractivity contribution in [2.45, 2.75) is 6.18 Å². The van der Waals surface area contributed by atoms with Crippen LogP contribution in [0.5, 0.6) is 0 Å². The number of nitrogens with one attached hydrogen (secondary N) is 1. The fourth-order valence-electron chi connectivity index (χ4n) is 2.31. The van der Waals surface area contributed by atoms with E-state index >= 15 is 0 Å². The highest BCUT2D eigenvalue weighted by molar-refractivity contribution is 5.89. The van der Waals surface area contributed by atoms with Gasteiger partial charge in [0.25, 0.3) is 5.91 Å². The molecule has 0 aliphatic carbocycles. The summed E-state index contributed by atoms with van der Waals surface area (Å²) >= 11 is 0. The second-order valence-corrected chi connectivity index (χ2v) is 5.00. The highest BCUT2D eigenvalue weighted by Crippen LogP contribution is 2.37. The molecule has 0 saturated carbocycles. The predicted molar refractivity (Wildman–Crippen MR) is 80.8 cm³/mol. The third kappa shape index (κ3) is 2.98. The topological polar surface area (TPSA) is 84.7 Å². The third-order valence-corrected chi connectivity index (χ3v) is 3.38. The number of hydrogen-bond donors (Lipinski definition) is 2. The van der Waals surface area contributed by atoms with E-state index in [9.17, 15) is 18.0 Å². The number of nitrogens with two attached hydrogens (primary N) is 1. The maximum atomic E-state index is 13.2. The summed E-state index contributed by atoms with van der Waals surface area (Å²) in [4.78, 5) is 15.0. The van der Waals surface area contributed by atoms with Crippen molar-refractivity contribution < 1.29 is 18.0 Å². The van der Waals surface area contributed by atoms with Gasteiger partial charge in [0.2, 0.25) is 5.82 Å². The largest absolute Gasteiger partial charge is 0.417 e. The molecule has 2 aromatic carbocycles. The van der Waals surface area contributed by atoms with Crippen molar-refractivity contribution in [1.29, 1.82) is 0 Å². The van der Waals surface area contributed by atoms with Gasteiger partial charge in [-0.05, 0) is 23.3 Å². The van der Waals surface area contributed by atoms with Crippen molar-refractivity contribution in [3.05, 3.63) is 59.9 Å². The Hall–Kier alpha value is -3.16. The molecule has 0 saturated heterocycles. The Morgan fingerprint density at radius 1 is 1.04 bits per heavy atom. The Labute approximate surface area is 134 Å². The second kappa shape index (κ2) is 5.80. The van der Waals surface area contributed by atoms with Crippen LogP contribution in [0.25, 0.3) is 22.5 Å². The lowest BCUT2D eigenvalue weighted by Crippen LogP contribution is -2.12. The van der Waals surface area contributed by atoms with Crippen LogP contribution in [0, 0.1) is 0 Å². The Bertz CT molecular complexity index is 902. The maximum Gasteiger partial charge on any atom is 0.417 e. The molecule has 1 heterocycles. The van der Waals surface area contributed by atoms with E-state index in [-0.39, 0.29) is 17.2 Å². The first kappa shape index (κ1) is 15.7. The van der Waals surface area contributed by atoms with Gasteiger partial charge in [-0.15, -0.1) is 0 Å². The molecule has 24 heavy (non-hydrogen) atoms. The van der Waals surface area contributed by atoms with Gasteiger partial charge in [0.15, 0.2) is 5.82 Å². The lowest BCUT2D eigenvalue weighted by Gasteiger charge is -2.13. The van der Waals surface area contributed by atoms with Gasteiger partial charge in [-0.3, -0.25) is 9.89 Å². The molecule has 0 unspecified atom stereocenters. The summed E-state index contributed by atoms with van der Waals surface area (Å²) < 4.78 is 39.5. The summed E-state index contributed by atoms with van der Waals surface area (Å²) in [7, 11) is 0. The molecule has 0 fully saturated rings. The van der Waals surface area contributed by atoms with Crippen molar-refractivity contribution in [3.63, 3.8) is 0 Å². The van der Waals surface area contributed by atoms with Gasteiger partial charge in [0.1, 0.15) is 0 Å². The average molecular weight is 332 g/mol. The van der Waals surface area contributed by atoms with Crippen LogP contribution in [-0.4, -0.2) is 21.1 Å². The van der Waals surface area contributed by atoms with Crippen molar-refractivity contribution >= 4 is 5.91 Å². The van der Waals surface area contributed by atoms with Gasteiger partial charge < -0.3 is 5.73 Å². The minimum atomic E-state index is -4.46. The first-order valence-corrected chi connectivity index (χ1v) is 6.85. The Kier molecular flexibility index (Phi) is 3.80. The van der Waals surface area contributed by atoms with E-state index in [4.69, 9.17) is 5.73 Å². The van der Waals surface area contributed by atoms with E-state index in [1.807, 2.05) is 0 Å². The quantitative estimate of drug-likeness (QED) is 0.772. The highest BCUT2D eigenvalue weighted by atomic mass is 19.4. The van der Waals surface area contributed by atoms with Crippen LogP contribution >= 0.6 is 0 Å². The van der Waals surface area contributed by atoms with E-state index in [1.54, 1.807) is 18.2 Å². The smallest absolute Gasteiger partial charge is 0.363 e. The van der Waals surface area contributed by atoms with Crippen LogP contribution in [0.2, 0.25) is 0 Å². The Balaban J connectivity index is 2.07. The number of aromatic amines is 1. The zero-order chi connectivity index (χ0) is 17.3. The number of carbonyl (C=O) groups is 1. The molecule has 5 nitrogen and oxygen atoms in total. The van der Waals surface area contributed by atoms with Gasteiger partial charge in [-0.2, -0.15) is 18.3 Å². The second-order valence-electron chi connectivity index (χ2n) is 5.00. The number of carbonyl (C=O) groups excluding carboxylic acids is 1. The minimum absolute atomic E-state index is 0.0533. The van der Waals surface area contributed by atoms with E-state index in [2.05, 4.69) is 15.2 Å². The van der Waals surface area contributed by atoms with Crippen LogP contribution < -0.4 is 5.73 Å². The number of hydrogen-bond acceptors (Lipinski definition) is 3. The van der Waals surface area contributed by atoms with Crippen LogP contribution in [0.3, 0.4) is 0 Å². The third-order valence-electron chi connectivity index (χ3n) is 3.38. The molecule has 1 aromatic heterocycles. The summed E-state index contributed by atoms with van der Waals surface area (Å²) in [5.74, 6) is -0.714. The normalized spacial score (nSPS) is 11.5. The average Bonchev–Trinajstić information content (AvgIpc) is 3.04. The summed E-state index contributed by atoms with van der Waals surface area (Å²) in [5.41, 5.74) is 5.26. The molecular weight excluding hydrogens is 321 g/mol. The molecule has 0 aliphatic rings. The first-order chi connectivity index (χ1) is 11.4. The van der Waals surface area contributed by atoms with Gasteiger partial charge in [0, 0.05) is 5.56 Å². The number of benzene rings is 2. The van der Waals surface area contributed by atoms with Crippen LogP contribution in [-0.2, 0) is 6.18 Å². The summed E-state index contributed by atoms with van der Waals surface area (Å²) in [6, 6.07) is 11.6. The van der Waals surface area contributed by atoms with E-state index in [0.29, 0.717) is 11.1 Å². The molecule has 8 heteroatoms. The molecule has 0 bridgehead atoms. The van der Waals surface area contributed by atoms with E-state index < -0.39 is 17.6 Å². The number of alkyl halides is 3. The molecule has 3 aromatic rings. The molecule has 0 spiro atoms. The molecule has 3 rings (SSSR count). The number of aromatic nitrogens is 3. The van der Waals surface area contributed by atoms with E-state index in [0.717, 1.165) is 6.07 Å². The van der Waals surface area contributed by atoms with Crippen LogP contribution in [0.15, 0.2) is 48.5 Å². The fraction of sp³-hybridized carbons (Fsp3) is 0.0625. The van der Waals surface area contributed by atoms with Gasteiger partial charge in [0.05, 0.1) is 5.56 Å². The van der Waals surface area contributed by atoms with Crippen molar-refractivity contribution in [3.8, 4) is 22.5 Å². The lowest BCUT2D eigenvalue weighted by atomic mass is 9.97. The molecule has 0 aliphatic heterocycles. The Morgan fingerprint density at radius 2 is 1.75 bits per heavy atom. The van der Waals surface area contributed by atoms with Gasteiger partial charge in [-0.25, -0.2) is 4.98 Å². The van der Waals surface area contributed by atoms with Gasteiger partial charge in [-0.1, -0.05) is 36.4 Å². The molecule has 0 radical (unpaired) electrons. The standard InChI is InChI=1S/C16H11F3N4O/c17-16(18,19)12-7-2-1-6-11(12)9-4-3-5-10(8-9)14-21-15(13(20)24)23-22-14/h1-8H,(H2,20,24)(H,21,22,23). The Morgan fingerprint density at radius 3 is 2.42 bits per heavy atom. The first-order valence-electron chi connectivity index (χ1n) is 6.85. The maximum absolute atomic E-state index is 13.2. The summed E-state index contributed by atoms with van der Waals surface area (Å²) in [6.45, 7) is 0. The number of H-pyrrole nitrogens is 1. The zero-order valence-electron chi connectivity index (χ0n) is 12.1. The molecular formula is C16H11F3N4O. The van der Waals surface area contributed by atoms with Crippen LogP contribution in [0.4, 0.5) is 13.2 Å². The van der Waals surface area contributed by atoms with Crippen molar-refractivity contribution in [1.82, 2.24) is 15.2 Å². The van der Waals surface area contributed by atoms with Crippen LogP contribution in [0.1, 0.15) is 16.2 Å². The molecule has 1 amide bonds. The zero-order valence-corrected chi connectivity index (χ0v) is 12.1. The lowest BCUT2D eigenvalue weighted by molar-refractivity contribution is -0.137. The number of rotatable bonds is 3. The SMILES string of the molecule is NC(=O)c1nc(-c2cccc(-c3ccccc3C(F)(F)F)c2)n[nH]1. The molecule has 3 N–H and O–H groups in total. The number of nitrogens with zero attached hydrogens (tertiary/aromatic N) is 2. The van der Waals surface area contributed by atoms with E-state index in [1.165, 1.54) is 24.3 Å². The number of halogens is 3. The summed E-state index contributed by atoms with van der Waals surface area (Å²) in [6.07, 6.45) is -4.46. The fourth-order valence-corrected chi connectivity index (χ4v) is 2.31. The highest BCUT2D eigenvalue weighted by Gasteiger charge is 2.33.